The van der Waals surface area contributed by atoms with E-state index in [1.165, 1.54) is 11.8 Å². The molecule has 0 saturated carbocycles. The van der Waals surface area contributed by atoms with Gasteiger partial charge in [-0.1, -0.05) is 11.6 Å². The number of benzene rings is 1. The number of hydrogen-bond acceptors (Lipinski definition) is 4. The minimum absolute atomic E-state index is 0.00945. The molecule has 2 amide bonds. The van der Waals surface area contributed by atoms with Gasteiger partial charge in [0.05, 0.1) is 5.75 Å². The molecule has 3 N–H and O–H groups in total. The van der Waals surface area contributed by atoms with Crippen LogP contribution in [0.2, 0.25) is 5.02 Å². The molecule has 1 aromatic rings. The van der Waals surface area contributed by atoms with Crippen molar-refractivity contribution in [3.05, 3.63) is 28.8 Å². The maximum atomic E-state index is 11.9. The molecule has 0 bridgehead atoms. The highest BCUT2D eigenvalue weighted by Gasteiger charge is 2.18. The normalized spacial score (nSPS) is 18.5. The number of aryl methyl sites for hydroxylation is 1. The van der Waals surface area contributed by atoms with Crippen LogP contribution in [-0.2, 0) is 9.59 Å². The summed E-state index contributed by atoms with van der Waals surface area (Å²) in [5, 5.41) is 9.36. The van der Waals surface area contributed by atoms with Crippen molar-refractivity contribution in [3.8, 4) is 0 Å². The quantitative estimate of drug-likeness (QED) is 0.791. The molecular weight excluding hydrogens is 298 g/mol. The second kappa shape index (κ2) is 6.97. The minimum Gasteiger partial charge on any atom is -0.332 e. The molecule has 20 heavy (non-hydrogen) atoms. The summed E-state index contributed by atoms with van der Waals surface area (Å²) >= 11 is 7.22. The van der Waals surface area contributed by atoms with Gasteiger partial charge < -0.3 is 10.6 Å². The Labute approximate surface area is 126 Å². The largest absolute Gasteiger partial charge is 0.332 e. The molecule has 1 fully saturated rings. The Morgan fingerprint density at radius 1 is 1.55 bits per heavy atom. The zero-order valence-electron chi connectivity index (χ0n) is 11.0. The Morgan fingerprint density at radius 2 is 2.35 bits per heavy atom. The van der Waals surface area contributed by atoms with Crippen molar-refractivity contribution < 1.29 is 9.59 Å². The summed E-state index contributed by atoms with van der Waals surface area (Å²) in [7, 11) is 0. The topological polar surface area (TPSA) is 70.2 Å². The smallest absolute Gasteiger partial charge is 0.234 e. The van der Waals surface area contributed by atoms with Crippen molar-refractivity contribution in [2.24, 2.45) is 0 Å². The van der Waals surface area contributed by atoms with E-state index in [4.69, 9.17) is 11.6 Å². The van der Waals surface area contributed by atoms with Gasteiger partial charge in [-0.15, -0.1) is 11.8 Å². The van der Waals surface area contributed by atoms with E-state index in [1.54, 1.807) is 18.2 Å². The molecule has 1 atom stereocenters. The highest BCUT2D eigenvalue weighted by Crippen LogP contribution is 2.20. The summed E-state index contributed by atoms with van der Waals surface area (Å²) in [5.74, 6) is 0.164. The molecule has 0 aromatic heterocycles. The van der Waals surface area contributed by atoms with Crippen LogP contribution in [0.25, 0.3) is 0 Å². The summed E-state index contributed by atoms with van der Waals surface area (Å²) in [4.78, 5) is 23.1. The monoisotopic (exact) mass is 313 g/mol. The number of rotatable bonds is 4. The molecule has 1 unspecified atom stereocenters. The lowest BCUT2D eigenvalue weighted by Crippen LogP contribution is -2.49. The van der Waals surface area contributed by atoms with Gasteiger partial charge in [0.25, 0.3) is 0 Å². The Kier molecular flexibility index (Phi) is 5.28. The van der Waals surface area contributed by atoms with Crippen molar-refractivity contribution in [2.75, 3.05) is 17.6 Å². The first-order chi connectivity index (χ1) is 9.54. The number of carbonyl (C=O) groups excluding carboxylic acids is 2. The van der Waals surface area contributed by atoms with Gasteiger partial charge in [-0.3, -0.25) is 14.9 Å². The number of amides is 2. The summed E-state index contributed by atoms with van der Waals surface area (Å²) in [5.41, 5.74) is 1.47. The predicted molar refractivity (Wildman–Crippen MR) is 81.8 cm³/mol. The lowest BCUT2D eigenvalue weighted by Gasteiger charge is -2.23. The average molecular weight is 314 g/mol. The molecule has 1 saturated heterocycles. The molecular formula is C13H16ClN3O2S. The maximum Gasteiger partial charge on any atom is 0.234 e. The number of carbonyl (C=O) groups is 2. The van der Waals surface area contributed by atoms with Crippen LogP contribution in [0.4, 0.5) is 5.69 Å². The van der Waals surface area contributed by atoms with E-state index in [9.17, 15) is 9.59 Å². The molecule has 108 valence electrons. The Bertz CT molecular complexity index is 524. The van der Waals surface area contributed by atoms with Gasteiger partial charge in [-0.2, -0.15) is 0 Å². The van der Waals surface area contributed by atoms with E-state index < -0.39 is 0 Å². The first-order valence-corrected chi connectivity index (χ1v) is 7.67. The third kappa shape index (κ3) is 4.40. The summed E-state index contributed by atoms with van der Waals surface area (Å²) in [6.45, 7) is 2.53. The van der Waals surface area contributed by atoms with E-state index in [0.717, 1.165) is 11.3 Å². The summed E-state index contributed by atoms with van der Waals surface area (Å²) < 4.78 is 0. The fourth-order valence-electron chi connectivity index (χ4n) is 1.80. The van der Waals surface area contributed by atoms with Gasteiger partial charge in [0.15, 0.2) is 0 Å². The van der Waals surface area contributed by atoms with Crippen molar-refractivity contribution in [2.45, 2.75) is 18.8 Å². The van der Waals surface area contributed by atoms with E-state index >= 15 is 0 Å². The van der Waals surface area contributed by atoms with E-state index in [1.807, 2.05) is 6.92 Å². The molecule has 2 rings (SSSR count). The van der Waals surface area contributed by atoms with E-state index in [2.05, 4.69) is 16.0 Å². The van der Waals surface area contributed by atoms with Gasteiger partial charge in [0, 0.05) is 23.7 Å². The standard InChI is InChI=1S/C13H16ClN3O2S/c1-8-6-9(14)2-3-10(8)16-12(19)7-20-13-15-5-4-11(18)17-13/h2-3,6,13,15H,4-5,7H2,1H3,(H,16,19)(H,17,18). The molecule has 1 aliphatic heterocycles. The Balaban J connectivity index is 1.81. The van der Waals surface area contributed by atoms with Crippen molar-refractivity contribution in [1.29, 1.82) is 0 Å². The van der Waals surface area contributed by atoms with E-state index in [0.29, 0.717) is 18.0 Å². The fourth-order valence-corrected chi connectivity index (χ4v) is 2.87. The van der Waals surface area contributed by atoms with Gasteiger partial charge in [0.1, 0.15) is 5.50 Å². The van der Waals surface area contributed by atoms with Crippen LogP contribution < -0.4 is 16.0 Å². The van der Waals surface area contributed by atoms with Crippen LogP contribution >= 0.6 is 23.4 Å². The zero-order chi connectivity index (χ0) is 14.5. The number of nitrogens with one attached hydrogen (secondary N) is 3. The zero-order valence-corrected chi connectivity index (χ0v) is 12.6. The maximum absolute atomic E-state index is 11.9. The lowest BCUT2D eigenvalue weighted by atomic mass is 10.2. The molecule has 0 aliphatic carbocycles. The van der Waals surface area contributed by atoms with Crippen molar-refractivity contribution >= 4 is 40.9 Å². The van der Waals surface area contributed by atoms with Crippen LogP contribution in [0.1, 0.15) is 12.0 Å². The molecule has 5 nitrogen and oxygen atoms in total. The molecule has 7 heteroatoms. The van der Waals surface area contributed by atoms with Crippen LogP contribution in [0, 0.1) is 6.92 Å². The van der Waals surface area contributed by atoms with E-state index in [-0.39, 0.29) is 23.1 Å². The second-order valence-electron chi connectivity index (χ2n) is 4.47. The number of hydrogen-bond donors (Lipinski definition) is 3. The Morgan fingerprint density at radius 3 is 3.05 bits per heavy atom. The van der Waals surface area contributed by atoms with Crippen LogP contribution in [0.3, 0.4) is 0 Å². The van der Waals surface area contributed by atoms with Crippen molar-refractivity contribution in [3.63, 3.8) is 0 Å². The van der Waals surface area contributed by atoms with Crippen LogP contribution in [-0.4, -0.2) is 29.6 Å². The number of thioether (sulfide) groups is 1. The molecule has 0 spiro atoms. The van der Waals surface area contributed by atoms with Crippen LogP contribution in [0.5, 0.6) is 0 Å². The Hall–Kier alpha value is -1.24. The SMILES string of the molecule is Cc1cc(Cl)ccc1NC(=O)CSC1NCCC(=O)N1. The lowest BCUT2D eigenvalue weighted by molar-refractivity contribution is -0.122. The van der Waals surface area contributed by atoms with Gasteiger partial charge >= 0.3 is 0 Å². The first-order valence-electron chi connectivity index (χ1n) is 6.25. The molecule has 1 aliphatic rings. The van der Waals surface area contributed by atoms with Gasteiger partial charge in [-0.25, -0.2) is 0 Å². The third-order valence-corrected chi connectivity index (χ3v) is 4.10. The number of anilines is 1. The minimum atomic E-state index is -0.201. The highest BCUT2D eigenvalue weighted by molar-refractivity contribution is 8.00. The summed E-state index contributed by atoms with van der Waals surface area (Å²) in [6, 6.07) is 5.31. The third-order valence-electron chi connectivity index (χ3n) is 2.82. The second-order valence-corrected chi connectivity index (χ2v) is 6.00. The summed E-state index contributed by atoms with van der Waals surface area (Å²) in [6.07, 6.45) is 0.479. The fraction of sp³-hybridized carbons (Fsp3) is 0.385. The van der Waals surface area contributed by atoms with Gasteiger partial charge in [-0.05, 0) is 30.7 Å². The molecule has 1 aromatic carbocycles. The molecule has 0 radical (unpaired) electrons. The van der Waals surface area contributed by atoms with Crippen molar-refractivity contribution in [1.82, 2.24) is 10.6 Å². The number of halogens is 1. The first kappa shape index (κ1) is 15.2. The average Bonchev–Trinajstić information content (AvgIpc) is 2.40. The molecule has 1 heterocycles. The van der Waals surface area contributed by atoms with Crippen LogP contribution in [0.15, 0.2) is 18.2 Å². The predicted octanol–water partition coefficient (Wildman–Crippen LogP) is 1.71. The van der Waals surface area contributed by atoms with Gasteiger partial charge in [0.2, 0.25) is 11.8 Å². The highest BCUT2D eigenvalue weighted by atomic mass is 35.5.